The molecule has 3 atom stereocenters. The maximum absolute atomic E-state index is 12.6. The molecule has 5 N–H and O–H groups in total. The minimum atomic E-state index is -0.619. The molecular weight excluding hydrogens is 366 g/mol. The molecule has 1 saturated heterocycles. The Kier molecular flexibility index (Phi) is 6.82. The van der Waals surface area contributed by atoms with Crippen LogP contribution in [0.1, 0.15) is 43.0 Å². The van der Waals surface area contributed by atoms with Crippen LogP contribution in [0, 0.1) is 0 Å². The molecule has 0 radical (unpaired) electrons. The van der Waals surface area contributed by atoms with Gasteiger partial charge in [0, 0.05) is 18.8 Å². The zero-order valence-corrected chi connectivity index (χ0v) is 16.9. The van der Waals surface area contributed by atoms with Crippen molar-refractivity contribution in [2.45, 2.75) is 51.2 Å². The second-order valence-corrected chi connectivity index (χ2v) is 7.45. The largest absolute Gasteiger partial charge is 0.384 e. The number of rotatable bonds is 7. The van der Waals surface area contributed by atoms with Gasteiger partial charge in [0.2, 0.25) is 11.8 Å². The fourth-order valence-corrected chi connectivity index (χ4v) is 3.64. The summed E-state index contributed by atoms with van der Waals surface area (Å²) in [6.45, 7) is 4.80. The van der Waals surface area contributed by atoms with Gasteiger partial charge in [0.25, 0.3) is 0 Å². The zero-order chi connectivity index (χ0) is 20.8. The fourth-order valence-electron chi connectivity index (χ4n) is 3.64. The third-order valence-corrected chi connectivity index (χ3v) is 5.35. The lowest BCUT2D eigenvalue weighted by Crippen LogP contribution is -2.50. The Morgan fingerprint density at radius 2 is 2.00 bits per heavy atom. The Bertz CT molecular complexity index is 856. The number of carbonyl (C=O) groups excluding carboxylic acids is 2. The number of amides is 2. The van der Waals surface area contributed by atoms with Crippen LogP contribution >= 0.6 is 0 Å². The number of carbonyl (C=O) groups is 2. The molecule has 2 amide bonds. The monoisotopic (exact) mass is 395 g/mol. The summed E-state index contributed by atoms with van der Waals surface area (Å²) in [5.74, 6) is 0.404. The molecule has 0 bridgehead atoms. The van der Waals surface area contributed by atoms with Crippen molar-refractivity contribution in [2.75, 3.05) is 12.3 Å². The number of nitrogens with zero attached hydrogens (tertiary/aromatic N) is 1. The van der Waals surface area contributed by atoms with Gasteiger partial charge in [-0.1, -0.05) is 43.3 Å². The van der Waals surface area contributed by atoms with Crippen molar-refractivity contribution >= 4 is 17.6 Å². The van der Waals surface area contributed by atoms with Gasteiger partial charge in [0.15, 0.2) is 0 Å². The molecule has 1 aliphatic rings. The van der Waals surface area contributed by atoms with E-state index in [0.717, 1.165) is 30.6 Å². The highest BCUT2D eigenvalue weighted by atomic mass is 16.2. The van der Waals surface area contributed by atoms with Crippen molar-refractivity contribution in [3.05, 3.63) is 59.3 Å². The summed E-state index contributed by atoms with van der Waals surface area (Å²) in [5, 5.41) is 8.95. The maximum Gasteiger partial charge on any atom is 0.242 e. The first-order valence-corrected chi connectivity index (χ1v) is 10.1. The number of nitrogens with two attached hydrogens (primary N) is 1. The van der Waals surface area contributed by atoms with Crippen LogP contribution in [-0.4, -0.2) is 35.4 Å². The summed E-state index contributed by atoms with van der Waals surface area (Å²) in [6, 6.07) is 12.9. The van der Waals surface area contributed by atoms with Gasteiger partial charge in [-0.05, 0) is 42.9 Å². The van der Waals surface area contributed by atoms with Crippen molar-refractivity contribution in [3.63, 3.8) is 0 Å². The summed E-state index contributed by atoms with van der Waals surface area (Å²) < 4.78 is 0. The van der Waals surface area contributed by atoms with Gasteiger partial charge in [0.05, 0.1) is 6.04 Å². The molecule has 3 unspecified atom stereocenters. The summed E-state index contributed by atoms with van der Waals surface area (Å²) >= 11 is 0. The summed E-state index contributed by atoms with van der Waals surface area (Å²) in [4.78, 5) is 29.3. The third-order valence-electron chi connectivity index (χ3n) is 5.35. The summed E-state index contributed by atoms with van der Waals surface area (Å²) in [7, 11) is 0. The van der Waals surface area contributed by atoms with Gasteiger partial charge < -0.3 is 21.7 Å². The first-order chi connectivity index (χ1) is 14.0. The molecule has 29 heavy (non-hydrogen) atoms. The van der Waals surface area contributed by atoms with E-state index in [4.69, 9.17) is 5.73 Å². The zero-order valence-electron chi connectivity index (χ0n) is 16.9. The molecule has 1 aromatic heterocycles. The molecule has 154 valence electrons. The molecule has 1 aromatic carbocycles. The molecule has 0 saturated carbocycles. The number of pyridine rings is 1. The maximum atomic E-state index is 12.6. The van der Waals surface area contributed by atoms with Gasteiger partial charge >= 0.3 is 0 Å². The van der Waals surface area contributed by atoms with Crippen molar-refractivity contribution in [3.8, 4) is 0 Å². The predicted molar refractivity (Wildman–Crippen MR) is 113 cm³/mol. The Morgan fingerprint density at radius 1 is 1.24 bits per heavy atom. The molecule has 2 heterocycles. The minimum absolute atomic E-state index is 0.144. The van der Waals surface area contributed by atoms with Crippen LogP contribution in [0.4, 0.5) is 5.82 Å². The van der Waals surface area contributed by atoms with E-state index in [1.54, 1.807) is 13.0 Å². The number of nitrogen functional groups attached to an aromatic ring is 1. The highest BCUT2D eigenvalue weighted by Crippen LogP contribution is 2.25. The highest BCUT2D eigenvalue weighted by Gasteiger charge is 2.31. The number of aryl methyl sites for hydroxylation is 1. The number of hydrogen-bond acceptors (Lipinski definition) is 5. The number of aromatic nitrogens is 1. The molecule has 0 aliphatic carbocycles. The van der Waals surface area contributed by atoms with E-state index >= 15 is 0 Å². The van der Waals surface area contributed by atoms with Crippen LogP contribution in [0.3, 0.4) is 0 Å². The van der Waals surface area contributed by atoms with Gasteiger partial charge in [-0.15, -0.1) is 0 Å². The molecular formula is C22H29N5O2. The fraction of sp³-hybridized carbons (Fsp3) is 0.409. The van der Waals surface area contributed by atoms with Crippen LogP contribution in [0.25, 0.3) is 0 Å². The van der Waals surface area contributed by atoms with Crippen LogP contribution in [0.15, 0.2) is 42.5 Å². The first kappa shape index (κ1) is 20.8. The number of nitrogens with one attached hydrogen (secondary N) is 3. The second kappa shape index (κ2) is 9.52. The van der Waals surface area contributed by atoms with Crippen molar-refractivity contribution < 1.29 is 9.59 Å². The number of benzene rings is 1. The van der Waals surface area contributed by atoms with E-state index < -0.39 is 6.04 Å². The Morgan fingerprint density at radius 3 is 2.72 bits per heavy atom. The Labute approximate surface area is 171 Å². The van der Waals surface area contributed by atoms with Gasteiger partial charge in [0.1, 0.15) is 11.9 Å². The van der Waals surface area contributed by atoms with E-state index in [2.05, 4.69) is 33.1 Å². The average molecular weight is 396 g/mol. The topological polar surface area (TPSA) is 109 Å². The summed E-state index contributed by atoms with van der Waals surface area (Å²) in [6.07, 6.45) is 1.46. The van der Waals surface area contributed by atoms with Crippen molar-refractivity contribution in [1.29, 1.82) is 0 Å². The van der Waals surface area contributed by atoms with Crippen LogP contribution in [0.5, 0.6) is 0 Å². The average Bonchev–Trinajstić information content (AvgIpc) is 3.23. The van der Waals surface area contributed by atoms with E-state index in [1.165, 1.54) is 5.56 Å². The molecule has 1 aliphatic heterocycles. The first-order valence-electron chi connectivity index (χ1n) is 10.1. The van der Waals surface area contributed by atoms with Crippen LogP contribution < -0.4 is 21.7 Å². The lowest BCUT2D eigenvalue weighted by molar-refractivity contribution is -0.129. The lowest BCUT2D eigenvalue weighted by Gasteiger charge is -2.18. The molecule has 7 nitrogen and oxygen atoms in total. The number of anilines is 1. The molecule has 2 aromatic rings. The van der Waals surface area contributed by atoms with Gasteiger partial charge in [-0.25, -0.2) is 4.98 Å². The number of hydrogen-bond donors (Lipinski definition) is 4. The van der Waals surface area contributed by atoms with Crippen molar-refractivity contribution in [2.24, 2.45) is 0 Å². The Hall–Kier alpha value is -2.93. The second-order valence-electron chi connectivity index (χ2n) is 7.45. The van der Waals surface area contributed by atoms with Crippen LogP contribution in [0.2, 0.25) is 0 Å². The van der Waals surface area contributed by atoms with Crippen molar-refractivity contribution in [1.82, 2.24) is 20.9 Å². The third kappa shape index (κ3) is 5.32. The molecule has 0 spiro atoms. The van der Waals surface area contributed by atoms with Crippen LogP contribution in [-0.2, 0) is 22.6 Å². The van der Waals surface area contributed by atoms with E-state index in [1.807, 2.05) is 31.2 Å². The smallest absolute Gasteiger partial charge is 0.242 e. The highest BCUT2D eigenvalue weighted by molar-refractivity contribution is 5.89. The Balaban J connectivity index is 1.49. The molecule has 3 rings (SSSR count). The SMILES string of the molecule is CCc1nc(N)ccc1CNC(=O)C(C)NC(=O)C1CC(c2ccccc2)CN1. The van der Waals surface area contributed by atoms with E-state index in [9.17, 15) is 9.59 Å². The molecule has 7 heteroatoms. The minimum Gasteiger partial charge on any atom is -0.384 e. The predicted octanol–water partition coefficient (Wildman–Crippen LogP) is 1.49. The lowest BCUT2D eigenvalue weighted by atomic mass is 9.96. The quantitative estimate of drug-likeness (QED) is 0.568. The van der Waals surface area contributed by atoms with Gasteiger partial charge in [-0.3, -0.25) is 9.59 Å². The van der Waals surface area contributed by atoms with Gasteiger partial charge in [-0.2, -0.15) is 0 Å². The van der Waals surface area contributed by atoms with E-state index in [-0.39, 0.29) is 17.9 Å². The normalized spacial score (nSPS) is 19.5. The summed E-state index contributed by atoms with van der Waals surface area (Å²) in [5.41, 5.74) is 8.74. The molecule has 1 fully saturated rings. The standard InChI is InChI=1S/C22H29N5O2/c1-3-18-16(9-10-20(23)27-18)12-25-21(28)14(2)26-22(29)19-11-17(13-24-19)15-7-5-4-6-8-15/h4-10,14,17,19,24H,3,11-13H2,1-2H3,(H2,23,27)(H,25,28)(H,26,29). The van der Waals surface area contributed by atoms with E-state index in [0.29, 0.717) is 18.3 Å².